The highest BCUT2D eigenvalue weighted by molar-refractivity contribution is 5.87. The minimum Gasteiger partial charge on any atom is -0.481 e. The first kappa shape index (κ1) is 13.7. The molecule has 0 spiro atoms. The molecule has 2 aliphatic carbocycles. The van der Waals surface area contributed by atoms with E-state index >= 15 is 0 Å². The molecule has 1 amide bonds. The molecule has 1 saturated carbocycles. The van der Waals surface area contributed by atoms with Crippen molar-refractivity contribution in [3.05, 3.63) is 12.2 Å². The Morgan fingerprint density at radius 2 is 1.60 bits per heavy atom. The molecule has 4 unspecified atom stereocenters. The van der Waals surface area contributed by atoms with Gasteiger partial charge in [-0.15, -0.1) is 0 Å². The van der Waals surface area contributed by atoms with E-state index in [1.807, 2.05) is 11.0 Å². The Morgan fingerprint density at radius 1 is 1.05 bits per heavy atom. The van der Waals surface area contributed by atoms with Gasteiger partial charge in [-0.1, -0.05) is 12.2 Å². The van der Waals surface area contributed by atoms with Crippen LogP contribution in [0, 0.1) is 23.7 Å². The van der Waals surface area contributed by atoms with Crippen LogP contribution < -0.4 is 0 Å². The molecule has 20 heavy (non-hydrogen) atoms. The molecule has 0 radical (unpaired) electrons. The molecule has 4 heteroatoms. The van der Waals surface area contributed by atoms with Crippen LogP contribution in [0.25, 0.3) is 0 Å². The molecule has 4 nitrogen and oxygen atoms in total. The number of carboxylic acid groups (broad SMARTS) is 1. The van der Waals surface area contributed by atoms with Gasteiger partial charge in [0.15, 0.2) is 0 Å². The van der Waals surface area contributed by atoms with E-state index in [4.69, 9.17) is 0 Å². The third-order valence-corrected chi connectivity index (χ3v) is 5.48. The zero-order chi connectivity index (χ0) is 14.4. The predicted molar refractivity (Wildman–Crippen MR) is 75.0 cm³/mol. The van der Waals surface area contributed by atoms with Crippen LogP contribution in [0.15, 0.2) is 12.2 Å². The number of carboxylic acids is 1. The minimum absolute atomic E-state index is 0.0573. The fourth-order valence-electron chi connectivity index (χ4n) is 4.52. The van der Waals surface area contributed by atoms with Crippen LogP contribution in [0.5, 0.6) is 0 Å². The second-order valence-electron chi connectivity index (χ2n) is 6.71. The predicted octanol–water partition coefficient (Wildman–Crippen LogP) is 2.30. The van der Waals surface area contributed by atoms with Crippen molar-refractivity contribution in [2.45, 2.75) is 51.6 Å². The number of fused-ring (bicyclic) bond motifs is 2. The molecule has 0 aromatic heterocycles. The smallest absolute Gasteiger partial charge is 0.307 e. The summed E-state index contributed by atoms with van der Waals surface area (Å²) in [5.41, 5.74) is 0. The van der Waals surface area contributed by atoms with E-state index in [-0.39, 0.29) is 35.7 Å². The minimum atomic E-state index is -0.808. The van der Waals surface area contributed by atoms with E-state index in [0.717, 1.165) is 25.7 Å². The lowest BCUT2D eigenvalue weighted by molar-refractivity contribution is -0.154. The molecular formula is C16H23NO3. The number of aliphatic carboxylic acids is 1. The van der Waals surface area contributed by atoms with Crippen molar-refractivity contribution in [3.63, 3.8) is 0 Å². The topological polar surface area (TPSA) is 57.6 Å². The quantitative estimate of drug-likeness (QED) is 0.788. The summed E-state index contributed by atoms with van der Waals surface area (Å²) in [5.74, 6) is -1.40. The van der Waals surface area contributed by atoms with Gasteiger partial charge in [-0.3, -0.25) is 9.59 Å². The van der Waals surface area contributed by atoms with E-state index in [0.29, 0.717) is 0 Å². The summed E-state index contributed by atoms with van der Waals surface area (Å²) in [4.78, 5) is 26.5. The van der Waals surface area contributed by atoms with E-state index in [9.17, 15) is 14.7 Å². The van der Waals surface area contributed by atoms with Gasteiger partial charge in [-0.25, -0.2) is 0 Å². The number of hydrogen-bond donors (Lipinski definition) is 1. The van der Waals surface area contributed by atoms with Crippen LogP contribution in [-0.2, 0) is 9.59 Å². The zero-order valence-electron chi connectivity index (χ0n) is 12.2. The summed E-state index contributed by atoms with van der Waals surface area (Å²) in [6, 6.07) is 0.479. The van der Waals surface area contributed by atoms with Crippen LogP contribution in [0.4, 0.5) is 0 Å². The molecule has 2 fully saturated rings. The van der Waals surface area contributed by atoms with Crippen molar-refractivity contribution >= 4 is 11.9 Å². The first-order chi connectivity index (χ1) is 9.50. The van der Waals surface area contributed by atoms with Crippen molar-refractivity contribution < 1.29 is 14.7 Å². The third-order valence-electron chi connectivity index (χ3n) is 5.48. The Balaban J connectivity index is 1.86. The van der Waals surface area contributed by atoms with Gasteiger partial charge in [-0.2, -0.15) is 0 Å². The Hall–Kier alpha value is -1.32. The van der Waals surface area contributed by atoms with Gasteiger partial charge < -0.3 is 10.0 Å². The van der Waals surface area contributed by atoms with Crippen molar-refractivity contribution in [1.29, 1.82) is 0 Å². The van der Waals surface area contributed by atoms with Crippen LogP contribution >= 0.6 is 0 Å². The van der Waals surface area contributed by atoms with Gasteiger partial charge in [0.25, 0.3) is 0 Å². The molecule has 6 atom stereocenters. The van der Waals surface area contributed by atoms with E-state index in [1.165, 1.54) is 0 Å². The fourth-order valence-corrected chi connectivity index (χ4v) is 4.52. The van der Waals surface area contributed by atoms with Gasteiger partial charge >= 0.3 is 5.97 Å². The van der Waals surface area contributed by atoms with E-state index < -0.39 is 11.9 Å². The number of hydrogen-bond acceptors (Lipinski definition) is 2. The normalized spacial score (nSPS) is 43.0. The number of carbonyl (C=O) groups is 2. The van der Waals surface area contributed by atoms with Crippen LogP contribution in [0.3, 0.4) is 0 Å². The largest absolute Gasteiger partial charge is 0.481 e. The monoisotopic (exact) mass is 277 g/mol. The van der Waals surface area contributed by atoms with Gasteiger partial charge in [0.2, 0.25) is 5.91 Å². The number of likely N-dealkylation sites (tertiary alicyclic amines) is 1. The number of piperidine rings is 1. The molecule has 110 valence electrons. The second-order valence-corrected chi connectivity index (χ2v) is 6.71. The lowest BCUT2D eigenvalue weighted by Crippen LogP contribution is -2.52. The van der Waals surface area contributed by atoms with Crippen LogP contribution in [0.1, 0.15) is 39.5 Å². The first-order valence-corrected chi connectivity index (χ1v) is 7.74. The lowest BCUT2D eigenvalue weighted by atomic mass is 9.81. The summed E-state index contributed by atoms with van der Waals surface area (Å²) in [6.45, 7) is 4.18. The molecule has 3 rings (SSSR count). The highest BCUT2D eigenvalue weighted by Crippen LogP contribution is 2.49. The van der Waals surface area contributed by atoms with Crippen molar-refractivity contribution in [2.24, 2.45) is 23.7 Å². The van der Waals surface area contributed by atoms with Crippen molar-refractivity contribution in [1.82, 2.24) is 4.90 Å². The number of carbonyl (C=O) groups excluding carboxylic acids is 1. The summed E-state index contributed by atoms with van der Waals surface area (Å²) >= 11 is 0. The van der Waals surface area contributed by atoms with Crippen LogP contribution in [-0.4, -0.2) is 34.0 Å². The molecule has 0 aromatic rings. The molecule has 1 N–H and O–H groups in total. The molecule has 1 aliphatic heterocycles. The molecule has 3 aliphatic rings. The van der Waals surface area contributed by atoms with Gasteiger partial charge in [0.1, 0.15) is 0 Å². The zero-order valence-corrected chi connectivity index (χ0v) is 12.2. The van der Waals surface area contributed by atoms with E-state index in [2.05, 4.69) is 19.9 Å². The number of allylic oxidation sites excluding steroid dienone is 2. The highest BCUT2D eigenvalue weighted by atomic mass is 16.4. The Labute approximate surface area is 119 Å². The summed E-state index contributed by atoms with van der Waals surface area (Å²) in [6.07, 6.45) is 8.12. The maximum absolute atomic E-state index is 13.0. The third kappa shape index (κ3) is 1.97. The molecule has 2 bridgehead atoms. The molecule has 1 heterocycles. The van der Waals surface area contributed by atoms with Gasteiger partial charge in [0.05, 0.1) is 11.8 Å². The maximum atomic E-state index is 13.0. The van der Waals surface area contributed by atoms with Crippen molar-refractivity contribution in [3.8, 4) is 0 Å². The second kappa shape index (κ2) is 4.90. The average molecular weight is 277 g/mol. The SMILES string of the molecule is CC1CCCC(C)N1C(=O)[C@H]1C2C=CC(C2)[C@H]1C(=O)O. The standard InChI is InChI=1S/C16H23NO3/c1-9-4-3-5-10(2)17(9)15(18)13-11-6-7-12(8-11)14(13)16(19)20/h6-7,9-14H,3-5,8H2,1-2H3,(H,19,20)/t9?,10?,11?,12?,13-,14+/m0/s1. The van der Waals surface area contributed by atoms with E-state index in [1.54, 1.807) is 0 Å². The highest BCUT2D eigenvalue weighted by Gasteiger charge is 2.53. The molecule has 1 saturated heterocycles. The first-order valence-electron chi connectivity index (χ1n) is 7.74. The van der Waals surface area contributed by atoms with Crippen molar-refractivity contribution in [2.75, 3.05) is 0 Å². The lowest BCUT2D eigenvalue weighted by Gasteiger charge is -2.42. The number of nitrogens with zero attached hydrogens (tertiary/aromatic N) is 1. The molecule has 0 aromatic carbocycles. The fraction of sp³-hybridized carbons (Fsp3) is 0.750. The summed E-state index contributed by atoms with van der Waals surface area (Å²) in [7, 11) is 0. The van der Waals surface area contributed by atoms with Gasteiger partial charge in [-0.05, 0) is 51.4 Å². The Bertz CT molecular complexity index is 449. The summed E-state index contributed by atoms with van der Waals surface area (Å²) in [5, 5.41) is 9.48. The Morgan fingerprint density at radius 3 is 2.15 bits per heavy atom. The van der Waals surface area contributed by atoms with Gasteiger partial charge in [0, 0.05) is 12.1 Å². The Kier molecular flexibility index (Phi) is 3.35. The number of amides is 1. The number of rotatable bonds is 2. The maximum Gasteiger partial charge on any atom is 0.307 e. The summed E-state index contributed by atoms with van der Waals surface area (Å²) < 4.78 is 0. The van der Waals surface area contributed by atoms with Crippen LogP contribution in [0.2, 0.25) is 0 Å². The average Bonchev–Trinajstić information content (AvgIpc) is 2.98. The molecular weight excluding hydrogens is 254 g/mol.